The van der Waals surface area contributed by atoms with Crippen LogP contribution in [0.2, 0.25) is 21.1 Å². The third-order valence-electron chi connectivity index (χ3n) is 19.5. The van der Waals surface area contributed by atoms with Gasteiger partial charge < -0.3 is 0 Å². The largest absolute Gasteiger partial charge is 0.433 e. The Balaban J connectivity index is 0.000000144. The number of hydrogen-bond donors (Lipinski definition) is 0. The molecule has 0 bridgehead atoms. The molecule has 26 heteroatoms. The van der Waals surface area contributed by atoms with Gasteiger partial charge in [-0.1, -0.05) is 268 Å². The first-order chi connectivity index (χ1) is 58.0. The Labute approximate surface area is 723 Å². The monoisotopic (exact) mass is 1750 g/mol. The second-order valence-electron chi connectivity index (χ2n) is 28.7. The molecule has 0 atom stereocenters. The second kappa shape index (κ2) is 37.4. The molecule has 0 aliphatic heterocycles. The number of rotatable bonds is 8. The van der Waals surface area contributed by atoms with E-state index in [1.54, 1.807) is 12.1 Å². The summed E-state index contributed by atoms with van der Waals surface area (Å²) in [5.41, 5.74) is 23.2. The van der Waals surface area contributed by atoms with E-state index in [4.69, 9.17) is 86.8 Å². The third-order valence-corrected chi connectivity index (χ3v) is 20.7. The first-order valence-corrected chi connectivity index (χ1v) is 39.7. The lowest BCUT2D eigenvalue weighted by Crippen LogP contribution is -2.14. The number of nitrogens with zero attached hydrogens (tertiary/aromatic N) is 16. The highest BCUT2D eigenvalue weighted by atomic mass is 79.9. The summed E-state index contributed by atoms with van der Waals surface area (Å²) in [7, 11) is 0. The first kappa shape index (κ1) is 85.7. The van der Waals surface area contributed by atoms with Gasteiger partial charge in [0.25, 0.3) is 0 Å². The molecule has 0 amide bonds. The molecule has 598 valence electrons. The molecule has 121 heavy (non-hydrogen) atoms. The van der Waals surface area contributed by atoms with Crippen LogP contribution in [0.15, 0.2) is 271 Å². The van der Waals surface area contributed by atoms with Crippen molar-refractivity contribution in [3.05, 3.63) is 366 Å². The van der Waals surface area contributed by atoms with E-state index in [2.05, 4.69) is 309 Å². The number of aryl methyl sites for hydroxylation is 4. The van der Waals surface area contributed by atoms with Gasteiger partial charge >= 0.3 is 6.18 Å². The Morgan fingerprint density at radius 2 is 0.595 bits per heavy atom. The number of fused-ring (bicyclic) bond motifs is 6. The van der Waals surface area contributed by atoms with E-state index >= 15 is 0 Å². The molecule has 18 rings (SSSR count). The lowest BCUT2D eigenvalue weighted by Gasteiger charge is -2.21. The fourth-order valence-corrected chi connectivity index (χ4v) is 14.8. The molecular formula is C95H68BrCl4F5N16. The number of alkyl halides is 3. The average molecular weight is 1750 g/mol. The van der Waals surface area contributed by atoms with E-state index in [0.717, 1.165) is 66.4 Å². The van der Waals surface area contributed by atoms with Gasteiger partial charge in [-0.15, -0.1) is 0 Å². The van der Waals surface area contributed by atoms with Crippen molar-refractivity contribution in [2.24, 2.45) is 0 Å². The molecule has 6 heterocycles. The van der Waals surface area contributed by atoms with E-state index in [9.17, 15) is 22.0 Å². The van der Waals surface area contributed by atoms with Crippen molar-refractivity contribution in [2.75, 3.05) is 0 Å². The Bertz CT molecular complexity index is 6130. The molecule has 2 aliphatic carbocycles. The van der Waals surface area contributed by atoms with Crippen LogP contribution in [0.25, 0.3) is 113 Å². The molecule has 6 aromatic heterocycles. The number of aromatic nitrogens is 14. The molecule has 16 nitrogen and oxygen atoms in total. The normalized spacial score (nSPS) is 12.0. The summed E-state index contributed by atoms with van der Waals surface area (Å²) in [6.07, 6.45) is -4.46. The number of benzene rings is 10. The van der Waals surface area contributed by atoms with Crippen molar-refractivity contribution in [2.45, 2.75) is 72.4 Å². The van der Waals surface area contributed by atoms with Crippen LogP contribution >= 0.6 is 62.3 Å². The van der Waals surface area contributed by atoms with Crippen LogP contribution in [0.1, 0.15) is 89.7 Å². The molecule has 16 aromatic rings. The van der Waals surface area contributed by atoms with Crippen molar-refractivity contribution in [3.8, 4) is 125 Å². The maximum atomic E-state index is 12.0. The Morgan fingerprint density at radius 3 is 0.959 bits per heavy atom. The summed E-state index contributed by atoms with van der Waals surface area (Å²) in [4.78, 5) is 57.2. The molecule has 0 fully saturated rings. The Morgan fingerprint density at radius 1 is 0.298 bits per heavy atom. The van der Waals surface area contributed by atoms with Crippen molar-refractivity contribution in [1.29, 1.82) is 10.5 Å². The zero-order valence-corrected chi connectivity index (χ0v) is 70.4. The fourth-order valence-electron chi connectivity index (χ4n) is 13.7. The third kappa shape index (κ3) is 20.9. The number of hydrogen-bond acceptors (Lipinski definition) is 16. The zero-order valence-electron chi connectivity index (χ0n) is 65.8. The van der Waals surface area contributed by atoms with E-state index in [1.165, 1.54) is 74.2 Å². The zero-order chi connectivity index (χ0) is 85.9. The number of halogens is 10. The van der Waals surface area contributed by atoms with Gasteiger partial charge in [-0.2, -0.15) is 42.4 Å². The van der Waals surface area contributed by atoms with Crippen molar-refractivity contribution < 1.29 is 22.0 Å². The Kier molecular flexibility index (Phi) is 26.5. The van der Waals surface area contributed by atoms with Crippen LogP contribution in [-0.4, -0.2) is 69.8 Å². The van der Waals surface area contributed by atoms with Crippen LogP contribution in [-0.2, 0) is 17.0 Å². The van der Waals surface area contributed by atoms with Crippen molar-refractivity contribution in [3.63, 3.8) is 0 Å². The summed E-state index contributed by atoms with van der Waals surface area (Å²) >= 11 is 24.8. The highest BCUT2D eigenvalue weighted by Crippen LogP contribution is 2.51. The van der Waals surface area contributed by atoms with E-state index in [0.29, 0.717) is 46.3 Å². The predicted molar refractivity (Wildman–Crippen MR) is 467 cm³/mol. The number of nitriles is 2. The van der Waals surface area contributed by atoms with Crippen LogP contribution < -0.4 is 0 Å². The standard InChI is InChI=1S/C39H30BrN3.C34H25N3.C6H4ClF3N2.C6HClN4.C6H7ClN2.C4HClF2N2/c1-38(2)31-11-7-5-9-27(31)29-21-24(15-19-33(29)38)36-41-35(23-13-17-26(40)18-14-23)42-37(43-36)25-16-20-34-30(22-25)28-10-6-8-12-32(28)39(34,3)4;1-24-12-14-29(15-13-24)32-35-33(30-20-16-27(17-21-30)25-8-4-2-5-9-25)37-34(36-32)31-22-18-28(19-23-31)26-10-6-3-7-11-26;1-3-2-4(6(8,9)10)12-5(7)11-3;7-6-10-4(2-8)1-5(3-9)11-6;1-4-3-5(2)9-6(7)8-4;5-4-8-2(6)1-3(7)9-4/h5-22H,1-4H3;2-23H,1H3;2H,1H3;1H;3H,1-2H3;1H. The van der Waals surface area contributed by atoms with Crippen LogP contribution in [0.4, 0.5) is 22.0 Å². The smallest absolute Gasteiger partial charge is 0.223 e. The summed E-state index contributed by atoms with van der Waals surface area (Å²) in [6.45, 7) is 16.5. The van der Waals surface area contributed by atoms with Gasteiger partial charge in [-0.3, -0.25) is 0 Å². The SMILES string of the molecule is CC1(C)c2ccccc2-c2cc(-c3nc(-c4ccc(Br)cc4)nc(-c4ccc5c(c4)-c4ccccc4C5(C)C)n3)ccc21.Cc1cc(C(F)(F)F)nc(Cl)n1.Cc1cc(C)nc(Cl)n1.Cc1ccc(-c2nc(-c3ccc(-c4ccccc4)cc3)nc(-c3ccc(-c4ccccc4)cc3)n2)cc1.Fc1cc(F)nc(Cl)n1.N#Cc1cc(C#N)nc(Cl)n1. The lowest BCUT2D eigenvalue weighted by molar-refractivity contribution is -0.141. The molecule has 0 unspecified atom stereocenters. The maximum absolute atomic E-state index is 12.0. The van der Waals surface area contributed by atoms with Gasteiger partial charge in [0.15, 0.2) is 34.9 Å². The summed E-state index contributed by atoms with van der Waals surface area (Å²) in [5, 5.41) is 16.2. The molecule has 10 aromatic carbocycles. The van der Waals surface area contributed by atoms with Gasteiger partial charge in [0.05, 0.1) is 0 Å². The van der Waals surface area contributed by atoms with Gasteiger partial charge in [0.1, 0.15) is 29.2 Å². The van der Waals surface area contributed by atoms with E-state index in [-0.39, 0.29) is 38.5 Å². The van der Waals surface area contributed by atoms with Crippen molar-refractivity contribution >= 4 is 62.3 Å². The quantitative estimate of drug-likeness (QED) is 0.0782. The average Bonchev–Trinajstić information content (AvgIpc) is 1.59. The highest BCUT2D eigenvalue weighted by Gasteiger charge is 2.38. The van der Waals surface area contributed by atoms with Crippen LogP contribution in [0.5, 0.6) is 0 Å². The lowest BCUT2D eigenvalue weighted by atomic mass is 9.82. The minimum absolute atomic E-state index is 0.0498. The minimum atomic E-state index is -4.46. The molecule has 2 aliphatic rings. The van der Waals surface area contributed by atoms with Gasteiger partial charge in [-0.05, 0) is 177 Å². The summed E-state index contributed by atoms with van der Waals surface area (Å²) in [5.74, 6) is 2.07. The molecule has 0 radical (unpaired) electrons. The molecule has 0 N–H and O–H groups in total. The van der Waals surface area contributed by atoms with Gasteiger partial charge in [0, 0.05) is 77.9 Å². The molecule has 0 saturated heterocycles. The minimum Gasteiger partial charge on any atom is -0.223 e. The highest BCUT2D eigenvalue weighted by molar-refractivity contribution is 9.10. The van der Waals surface area contributed by atoms with E-state index < -0.39 is 29.0 Å². The second-order valence-corrected chi connectivity index (χ2v) is 31.0. The fraction of sp³-hybridized carbons (Fsp3) is 0.116. The van der Waals surface area contributed by atoms with E-state index in [1.807, 2.05) is 44.2 Å². The molecular weight excluding hydrogens is 1680 g/mol. The van der Waals surface area contributed by atoms with Crippen molar-refractivity contribution in [1.82, 2.24) is 69.8 Å². The first-order valence-electron chi connectivity index (χ1n) is 37.4. The topological polar surface area (TPSA) is 228 Å². The van der Waals surface area contributed by atoms with Gasteiger partial charge in [0.2, 0.25) is 33.0 Å². The Hall–Kier alpha value is -13.2. The summed E-state index contributed by atoms with van der Waals surface area (Å²) in [6, 6.07) is 92.9. The van der Waals surface area contributed by atoms with Crippen LogP contribution in [0, 0.1) is 62.3 Å². The maximum Gasteiger partial charge on any atom is 0.433 e. The molecule has 0 spiro atoms. The predicted octanol–water partition coefficient (Wildman–Crippen LogP) is 25.2. The molecule has 0 saturated carbocycles. The summed E-state index contributed by atoms with van der Waals surface area (Å²) < 4.78 is 60.9. The van der Waals surface area contributed by atoms with Gasteiger partial charge in [-0.25, -0.2) is 59.8 Å². The van der Waals surface area contributed by atoms with Crippen LogP contribution in [0.3, 0.4) is 0 Å².